The van der Waals surface area contributed by atoms with Crippen LogP contribution >= 0.6 is 0 Å². The Morgan fingerprint density at radius 1 is 1.08 bits per heavy atom. The van der Waals surface area contributed by atoms with Gasteiger partial charge in [0.1, 0.15) is 6.61 Å². The number of fused-ring (bicyclic) bond motifs is 1. The second-order valence-electron chi connectivity index (χ2n) is 5.59. The summed E-state index contributed by atoms with van der Waals surface area (Å²) in [7, 11) is 0. The average molecular weight is 327 g/mol. The molecule has 0 bridgehead atoms. The van der Waals surface area contributed by atoms with E-state index in [1.54, 1.807) is 0 Å². The molecule has 126 valence electrons. The molecule has 2 aromatic rings. The molecule has 24 heavy (non-hydrogen) atoms. The maximum atomic E-state index is 12.6. The SMILES string of the molecule is CCOCC(=O)N1CCCN1C(=O)Nc1cccc2ccccc12. The fourth-order valence-electron chi connectivity index (χ4n) is 2.86. The van der Waals surface area contributed by atoms with Crippen molar-refractivity contribution in [2.45, 2.75) is 13.3 Å². The van der Waals surface area contributed by atoms with Crippen molar-refractivity contribution in [1.82, 2.24) is 10.0 Å². The van der Waals surface area contributed by atoms with E-state index >= 15 is 0 Å². The number of nitrogens with one attached hydrogen (secondary N) is 1. The van der Waals surface area contributed by atoms with E-state index in [1.165, 1.54) is 10.0 Å². The first kappa shape index (κ1) is 16.3. The van der Waals surface area contributed by atoms with Crippen molar-refractivity contribution in [3.8, 4) is 0 Å². The molecule has 1 N–H and O–H groups in total. The lowest BCUT2D eigenvalue weighted by Crippen LogP contribution is -2.48. The molecule has 3 amide bonds. The Balaban J connectivity index is 1.75. The lowest BCUT2D eigenvalue weighted by Gasteiger charge is -2.28. The molecule has 0 spiro atoms. The molecule has 0 aliphatic carbocycles. The Kier molecular flexibility index (Phi) is 4.96. The lowest BCUT2D eigenvalue weighted by atomic mass is 10.1. The van der Waals surface area contributed by atoms with Gasteiger partial charge in [-0.05, 0) is 24.8 Å². The molecule has 2 aromatic carbocycles. The number of hydrogen-bond acceptors (Lipinski definition) is 3. The summed E-state index contributed by atoms with van der Waals surface area (Å²) in [5.74, 6) is -0.192. The van der Waals surface area contributed by atoms with E-state index in [9.17, 15) is 9.59 Å². The molecule has 0 saturated carbocycles. The van der Waals surface area contributed by atoms with Crippen LogP contribution in [0.3, 0.4) is 0 Å². The molecule has 1 saturated heterocycles. The van der Waals surface area contributed by atoms with Crippen molar-refractivity contribution >= 4 is 28.4 Å². The quantitative estimate of drug-likeness (QED) is 0.939. The fraction of sp³-hybridized carbons (Fsp3) is 0.333. The van der Waals surface area contributed by atoms with Crippen LogP contribution in [0.2, 0.25) is 0 Å². The zero-order chi connectivity index (χ0) is 16.9. The summed E-state index contributed by atoms with van der Waals surface area (Å²) >= 11 is 0. The third-order valence-corrected chi connectivity index (χ3v) is 4.01. The second-order valence-corrected chi connectivity index (χ2v) is 5.59. The van der Waals surface area contributed by atoms with Crippen LogP contribution in [-0.4, -0.2) is 48.3 Å². The van der Waals surface area contributed by atoms with Gasteiger partial charge >= 0.3 is 6.03 Å². The monoisotopic (exact) mass is 327 g/mol. The Morgan fingerprint density at radius 3 is 2.67 bits per heavy atom. The van der Waals surface area contributed by atoms with Crippen molar-refractivity contribution in [3.63, 3.8) is 0 Å². The summed E-state index contributed by atoms with van der Waals surface area (Å²) in [6.45, 7) is 3.36. The molecule has 1 aliphatic heterocycles. The first-order valence-electron chi connectivity index (χ1n) is 8.15. The minimum atomic E-state index is -0.297. The van der Waals surface area contributed by atoms with Crippen LogP contribution in [0.4, 0.5) is 10.5 Å². The predicted molar refractivity (Wildman–Crippen MR) is 92.5 cm³/mol. The first-order chi connectivity index (χ1) is 11.7. The van der Waals surface area contributed by atoms with E-state index in [1.807, 2.05) is 49.4 Å². The molecule has 3 rings (SSSR count). The number of nitrogens with zero attached hydrogens (tertiary/aromatic N) is 2. The van der Waals surface area contributed by atoms with Crippen molar-refractivity contribution in [2.75, 3.05) is 31.6 Å². The van der Waals surface area contributed by atoms with Crippen LogP contribution < -0.4 is 5.32 Å². The topological polar surface area (TPSA) is 61.9 Å². The number of amides is 3. The third kappa shape index (κ3) is 3.33. The highest BCUT2D eigenvalue weighted by molar-refractivity contribution is 6.02. The highest BCUT2D eigenvalue weighted by Crippen LogP contribution is 2.24. The third-order valence-electron chi connectivity index (χ3n) is 4.01. The van der Waals surface area contributed by atoms with Crippen LogP contribution in [0.1, 0.15) is 13.3 Å². The van der Waals surface area contributed by atoms with Crippen LogP contribution in [0.25, 0.3) is 10.8 Å². The zero-order valence-corrected chi connectivity index (χ0v) is 13.7. The molecule has 1 aliphatic rings. The van der Waals surface area contributed by atoms with Crippen LogP contribution in [-0.2, 0) is 9.53 Å². The van der Waals surface area contributed by atoms with E-state index in [0.717, 1.165) is 22.9 Å². The van der Waals surface area contributed by atoms with E-state index in [-0.39, 0.29) is 18.5 Å². The number of ether oxygens (including phenoxy) is 1. The average Bonchev–Trinajstić information content (AvgIpc) is 3.10. The number of hydrazine groups is 1. The summed E-state index contributed by atoms with van der Waals surface area (Å²) in [4.78, 5) is 24.8. The predicted octanol–water partition coefficient (Wildman–Crippen LogP) is 2.86. The number of benzene rings is 2. The molecular formula is C18H21N3O3. The standard InChI is InChI=1S/C18H21N3O3/c1-2-24-13-17(22)20-11-6-12-21(20)18(23)19-16-10-5-8-14-7-3-4-9-15(14)16/h3-5,7-10H,2,6,11-13H2,1H3,(H,19,23). The van der Waals surface area contributed by atoms with E-state index in [0.29, 0.717) is 19.7 Å². The van der Waals surface area contributed by atoms with Gasteiger partial charge in [0, 0.05) is 25.1 Å². The van der Waals surface area contributed by atoms with Gasteiger partial charge in [-0.15, -0.1) is 0 Å². The minimum Gasteiger partial charge on any atom is -0.372 e. The number of rotatable bonds is 4. The van der Waals surface area contributed by atoms with E-state index < -0.39 is 0 Å². The van der Waals surface area contributed by atoms with Crippen LogP contribution in [0.5, 0.6) is 0 Å². The molecular weight excluding hydrogens is 306 g/mol. The fourth-order valence-corrected chi connectivity index (χ4v) is 2.86. The maximum absolute atomic E-state index is 12.6. The Labute approximate surface area is 141 Å². The van der Waals surface area contributed by atoms with Gasteiger partial charge in [0.15, 0.2) is 0 Å². The summed E-state index contributed by atoms with van der Waals surface area (Å²) in [6, 6.07) is 13.3. The van der Waals surface area contributed by atoms with Crippen molar-refractivity contribution in [1.29, 1.82) is 0 Å². The smallest absolute Gasteiger partial charge is 0.340 e. The van der Waals surface area contributed by atoms with Gasteiger partial charge in [-0.25, -0.2) is 14.8 Å². The molecule has 1 heterocycles. The minimum absolute atomic E-state index is 0.00541. The maximum Gasteiger partial charge on any atom is 0.340 e. The second kappa shape index (κ2) is 7.31. The van der Waals surface area contributed by atoms with E-state index in [4.69, 9.17) is 4.74 Å². The molecule has 0 aromatic heterocycles. The molecule has 0 radical (unpaired) electrons. The van der Waals surface area contributed by atoms with Gasteiger partial charge in [0.05, 0.1) is 5.69 Å². The van der Waals surface area contributed by atoms with Gasteiger partial charge in [0.25, 0.3) is 5.91 Å². The van der Waals surface area contributed by atoms with Crippen LogP contribution in [0.15, 0.2) is 42.5 Å². The zero-order valence-electron chi connectivity index (χ0n) is 13.7. The number of anilines is 1. The number of carbonyl (C=O) groups is 2. The summed E-state index contributed by atoms with van der Waals surface area (Å²) in [6.07, 6.45) is 0.765. The Hall–Kier alpha value is -2.60. The van der Waals surface area contributed by atoms with E-state index in [2.05, 4.69) is 5.32 Å². The highest BCUT2D eigenvalue weighted by atomic mass is 16.5. The molecule has 6 nitrogen and oxygen atoms in total. The Morgan fingerprint density at radius 2 is 1.83 bits per heavy atom. The number of hydrogen-bond donors (Lipinski definition) is 1. The van der Waals surface area contributed by atoms with Crippen LogP contribution in [0, 0.1) is 0 Å². The van der Waals surface area contributed by atoms with Crippen molar-refractivity contribution < 1.29 is 14.3 Å². The van der Waals surface area contributed by atoms with Gasteiger partial charge in [-0.3, -0.25) is 4.79 Å². The highest BCUT2D eigenvalue weighted by Gasteiger charge is 2.30. The lowest BCUT2D eigenvalue weighted by molar-refractivity contribution is -0.144. The molecule has 6 heteroatoms. The molecule has 0 unspecified atom stereocenters. The summed E-state index contributed by atoms with van der Waals surface area (Å²) in [5.41, 5.74) is 0.738. The van der Waals surface area contributed by atoms with Crippen molar-refractivity contribution in [3.05, 3.63) is 42.5 Å². The number of carbonyl (C=O) groups excluding carboxylic acids is 2. The Bertz CT molecular complexity index is 742. The normalized spacial score (nSPS) is 14.2. The first-order valence-corrected chi connectivity index (χ1v) is 8.15. The summed E-state index contributed by atoms with van der Waals surface area (Å²) in [5, 5.41) is 7.88. The molecule has 0 atom stereocenters. The van der Waals surface area contributed by atoms with Gasteiger partial charge in [-0.1, -0.05) is 36.4 Å². The summed E-state index contributed by atoms with van der Waals surface area (Å²) < 4.78 is 5.16. The van der Waals surface area contributed by atoms with Gasteiger partial charge in [-0.2, -0.15) is 0 Å². The van der Waals surface area contributed by atoms with Gasteiger partial charge in [0.2, 0.25) is 0 Å². The number of urea groups is 1. The van der Waals surface area contributed by atoms with Gasteiger partial charge < -0.3 is 10.1 Å². The molecule has 1 fully saturated rings. The van der Waals surface area contributed by atoms with Crippen molar-refractivity contribution in [2.24, 2.45) is 0 Å². The largest absolute Gasteiger partial charge is 0.372 e.